The zero-order valence-corrected chi connectivity index (χ0v) is 16.1. The minimum absolute atomic E-state index is 0.0891. The first-order valence-corrected chi connectivity index (χ1v) is 8.82. The summed E-state index contributed by atoms with van der Waals surface area (Å²) in [5, 5.41) is 12.9. The second-order valence-electron chi connectivity index (χ2n) is 6.07. The molecule has 1 N–H and O–H groups in total. The fourth-order valence-corrected chi connectivity index (χ4v) is 2.83. The summed E-state index contributed by atoms with van der Waals surface area (Å²) in [4.78, 5) is 48.3. The predicted octanol–water partition coefficient (Wildman–Crippen LogP) is 2.67. The minimum Gasteiger partial charge on any atom is -0.493 e. The fourth-order valence-electron chi connectivity index (χ4n) is 2.83. The van der Waals surface area contributed by atoms with E-state index in [0.717, 1.165) is 17.0 Å². The van der Waals surface area contributed by atoms with Gasteiger partial charge < -0.3 is 9.47 Å². The van der Waals surface area contributed by atoms with E-state index in [-0.39, 0.29) is 16.9 Å². The van der Waals surface area contributed by atoms with Gasteiger partial charge in [0.15, 0.2) is 11.5 Å². The highest BCUT2D eigenvalue weighted by Crippen LogP contribution is 2.30. The number of carbonyl (C=O) groups is 3. The van der Waals surface area contributed by atoms with Gasteiger partial charge >= 0.3 is 6.03 Å². The molecule has 2 aromatic carbocycles. The van der Waals surface area contributed by atoms with Crippen molar-refractivity contribution in [2.24, 2.45) is 0 Å². The van der Waals surface area contributed by atoms with Gasteiger partial charge in [0.25, 0.3) is 17.5 Å². The van der Waals surface area contributed by atoms with Crippen molar-refractivity contribution in [2.75, 3.05) is 18.6 Å². The topological polar surface area (TPSA) is 128 Å². The number of benzene rings is 2. The summed E-state index contributed by atoms with van der Waals surface area (Å²) in [5.41, 5.74) is 0.0969. The lowest BCUT2D eigenvalue weighted by atomic mass is 10.1. The van der Waals surface area contributed by atoms with Crippen molar-refractivity contribution >= 4 is 35.3 Å². The number of nitrogens with zero attached hydrogens (tertiary/aromatic N) is 2. The van der Waals surface area contributed by atoms with Crippen LogP contribution in [0.3, 0.4) is 0 Å². The Balaban J connectivity index is 1.98. The van der Waals surface area contributed by atoms with Gasteiger partial charge in [-0.25, -0.2) is 9.69 Å². The maximum absolute atomic E-state index is 12.9. The Kier molecular flexibility index (Phi) is 5.77. The fraction of sp³-hybridized carbons (Fsp3) is 0.150. The Morgan fingerprint density at radius 2 is 1.80 bits per heavy atom. The second-order valence-corrected chi connectivity index (χ2v) is 6.07. The average molecular weight is 411 g/mol. The summed E-state index contributed by atoms with van der Waals surface area (Å²) in [6, 6.07) is 8.74. The normalized spacial score (nSPS) is 15.2. The number of barbiturate groups is 1. The highest BCUT2D eigenvalue weighted by Gasteiger charge is 2.37. The number of nitro benzene ring substituents is 1. The lowest BCUT2D eigenvalue weighted by Crippen LogP contribution is -2.54. The number of hydrogen-bond acceptors (Lipinski definition) is 7. The van der Waals surface area contributed by atoms with Crippen molar-refractivity contribution in [1.29, 1.82) is 0 Å². The Morgan fingerprint density at radius 1 is 1.10 bits per heavy atom. The van der Waals surface area contributed by atoms with Gasteiger partial charge in [0.1, 0.15) is 5.57 Å². The number of carbonyl (C=O) groups excluding carboxylic acids is 3. The summed E-state index contributed by atoms with van der Waals surface area (Å²) >= 11 is 0. The molecule has 3 rings (SSSR count). The Labute approximate surface area is 170 Å². The van der Waals surface area contributed by atoms with Crippen LogP contribution in [0.15, 0.2) is 48.0 Å². The van der Waals surface area contributed by atoms with Crippen LogP contribution < -0.4 is 19.7 Å². The summed E-state index contributed by atoms with van der Waals surface area (Å²) < 4.78 is 10.7. The third-order valence-corrected chi connectivity index (χ3v) is 4.22. The maximum atomic E-state index is 12.9. The summed E-state index contributed by atoms with van der Waals surface area (Å²) in [5.74, 6) is -0.786. The summed E-state index contributed by atoms with van der Waals surface area (Å²) in [7, 11) is 1.49. The van der Waals surface area contributed by atoms with Crippen LogP contribution in [0, 0.1) is 10.1 Å². The number of nitrogens with one attached hydrogen (secondary N) is 1. The molecule has 2 aromatic rings. The van der Waals surface area contributed by atoms with Crippen molar-refractivity contribution in [2.45, 2.75) is 6.92 Å². The van der Waals surface area contributed by atoms with E-state index in [2.05, 4.69) is 5.32 Å². The molecule has 10 heteroatoms. The van der Waals surface area contributed by atoms with Crippen LogP contribution in [0.25, 0.3) is 6.08 Å². The Bertz CT molecular complexity index is 1060. The van der Waals surface area contributed by atoms with Crippen molar-refractivity contribution in [3.63, 3.8) is 0 Å². The number of methoxy groups -OCH3 is 1. The number of non-ortho nitro benzene ring substituents is 1. The molecular formula is C20H17N3O7. The molecule has 0 unspecified atom stereocenters. The number of amides is 4. The van der Waals surface area contributed by atoms with Gasteiger partial charge in [0.2, 0.25) is 0 Å². The van der Waals surface area contributed by atoms with Gasteiger partial charge in [-0.1, -0.05) is 6.07 Å². The molecule has 0 radical (unpaired) electrons. The van der Waals surface area contributed by atoms with E-state index in [1.54, 1.807) is 25.1 Å². The van der Waals surface area contributed by atoms with Crippen LogP contribution in [-0.4, -0.2) is 36.5 Å². The number of imide groups is 2. The van der Waals surface area contributed by atoms with Gasteiger partial charge in [-0.2, -0.15) is 0 Å². The highest BCUT2D eigenvalue weighted by atomic mass is 16.6. The molecule has 10 nitrogen and oxygen atoms in total. The predicted molar refractivity (Wildman–Crippen MR) is 106 cm³/mol. The van der Waals surface area contributed by atoms with E-state index < -0.39 is 22.8 Å². The zero-order valence-electron chi connectivity index (χ0n) is 16.1. The van der Waals surface area contributed by atoms with Gasteiger partial charge in [0.05, 0.1) is 24.3 Å². The zero-order chi connectivity index (χ0) is 21.8. The molecule has 1 heterocycles. The van der Waals surface area contributed by atoms with Crippen molar-refractivity contribution in [3.8, 4) is 11.5 Å². The average Bonchev–Trinajstić information content (AvgIpc) is 2.72. The largest absolute Gasteiger partial charge is 0.493 e. The number of ether oxygens (including phenoxy) is 2. The van der Waals surface area contributed by atoms with E-state index in [1.165, 1.54) is 25.3 Å². The third-order valence-electron chi connectivity index (χ3n) is 4.22. The number of nitro groups is 1. The Hall–Kier alpha value is -4.21. The maximum Gasteiger partial charge on any atom is 0.335 e. The monoisotopic (exact) mass is 411 g/mol. The number of anilines is 1. The molecule has 1 fully saturated rings. The molecule has 1 aliphatic rings. The number of urea groups is 1. The SMILES string of the molecule is CCOc1cc(/C=C2\C(=O)NC(=O)N(c3ccc([N+](=O)[O-])cc3)C2=O)ccc1OC. The highest BCUT2D eigenvalue weighted by molar-refractivity contribution is 6.39. The first-order valence-electron chi connectivity index (χ1n) is 8.82. The van der Waals surface area contributed by atoms with E-state index in [1.807, 2.05) is 0 Å². The van der Waals surface area contributed by atoms with Crippen LogP contribution in [0.2, 0.25) is 0 Å². The van der Waals surface area contributed by atoms with Crippen LogP contribution in [0.4, 0.5) is 16.2 Å². The number of rotatable bonds is 6. The summed E-state index contributed by atoms with van der Waals surface area (Å²) in [6.07, 6.45) is 1.32. The molecule has 0 atom stereocenters. The van der Waals surface area contributed by atoms with Gasteiger partial charge in [0, 0.05) is 12.1 Å². The third kappa shape index (κ3) is 3.97. The van der Waals surface area contributed by atoms with E-state index >= 15 is 0 Å². The molecule has 4 amide bonds. The van der Waals surface area contributed by atoms with Crippen molar-refractivity contribution in [3.05, 3.63) is 63.7 Å². The molecule has 0 aromatic heterocycles. The van der Waals surface area contributed by atoms with Gasteiger partial charge in [-0.15, -0.1) is 0 Å². The molecule has 30 heavy (non-hydrogen) atoms. The Morgan fingerprint density at radius 3 is 2.40 bits per heavy atom. The first-order chi connectivity index (χ1) is 14.3. The molecule has 0 spiro atoms. The quantitative estimate of drug-likeness (QED) is 0.335. The molecule has 1 saturated heterocycles. The smallest absolute Gasteiger partial charge is 0.335 e. The standard InChI is InChI=1S/C20H17N3O7/c1-3-30-17-11-12(4-9-16(17)29-2)10-15-18(24)21-20(26)22(19(15)25)13-5-7-14(8-6-13)23(27)28/h4-11H,3H2,1-2H3,(H,21,24,26)/b15-10+. The van der Waals surface area contributed by atoms with Crippen LogP contribution in [-0.2, 0) is 9.59 Å². The van der Waals surface area contributed by atoms with E-state index in [0.29, 0.717) is 23.7 Å². The molecule has 0 bridgehead atoms. The molecule has 0 saturated carbocycles. The van der Waals surface area contributed by atoms with Crippen molar-refractivity contribution in [1.82, 2.24) is 5.32 Å². The van der Waals surface area contributed by atoms with E-state index in [9.17, 15) is 24.5 Å². The van der Waals surface area contributed by atoms with E-state index in [4.69, 9.17) is 9.47 Å². The van der Waals surface area contributed by atoms with Gasteiger partial charge in [-0.05, 0) is 42.8 Å². The molecular weight excluding hydrogens is 394 g/mol. The molecule has 1 aliphatic heterocycles. The molecule has 154 valence electrons. The first kappa shape index (κ1) is 20.5. The van der Waals surface area contributed by atoms with Crippen molar-refractivity contribution < 1.29 is 28.8 Å². The van der Waals surface area contributed by atoms with Crippen LogP contribution >= 0.6 is 0 Å². The van der Waals surface area contributed by atoms with Gasteiger partial charge in [-0.3, -0.25) is 25.0 Å². The van der Waals surface area contributed by atoms with Crippen LogP contribution in [0.1, 0.15) is 12.5 Å². The number of hydrogen-bond donors (Lipinski definition) is 1. The molecule has 0 aliphatic carbocycles. The second kappa shape index (κ2) is 8.43. The minimum atomic E-state index is -0.944. The van der Waals surface area contributed by atoms with Crippen LogP contribution in [0.5, 0.6) is 11.5 Å². The summed E-state index contributed by atoms with van der Waals surface area (Å²) in [6.45, 7) is 2.19. The lowest BCUT2D eigenvalue weighted by molar-refractivity contribution is -0.384. The lowest BCUT2D eigenvalue weighted by Gasteiger charge is -2.26.